The summed E-state index contributed by atoms with van der Waals surface area (Å²) in [5.74, 6) is 1.62. The van der Waals surface area contributed by atoms with Crippen LogP contribution in [0.3, 0.4) is 0 Å². The molecule has 1 aromatic carbocycles. The van der Waals surface area contributed by atoms with Crippen LogP contribution in [-0.4, -0.2) is 67.2 Å². The first-order valence-electron chi connectivity index (χ1n) is 23.0. The lowest BCUT2D eigenvalue weighted by molar-refractivity contribution is -0.250. The molecule has 0 bridgehead atoms. The molecular weight excluding hydrogens is 735 g/mol. The molecule has 1 aromatic rings. The van der Waals surface area contributed by atoms with E-state index in [1.54, 1.807) is 0 Å². The van der Waals surface area contributed by atoms with Crippen molar-refractivity contribution in [3.05, 3.63) is 42.0 Å². The van der Waals surface area contributed by atoms with Crippen molar-refractivity contribution in [2.75, 3.05) is 38.1 Å². The number of carboxylic acids is 1. The van der Waals surface area contributed by atoms with Crippen molar-refractivity contribution in [2.45, 2.75) is 159 Å². The SMILES string of the molecule is C.C=C(C)[C@@H]1CC[C@]2(CC(=O)NCc3ccc(N4CCN(C)CC4)cc3)CC[C@]3(C)[C@H](CC[C@@H]4[C@@]5(C)CC[C@H](OC(=O)CC(C)(C)CC(=O)O)C(C)(C)[C@@H]5CC[C@]43C)[C@@H]12. The van der Waals surface area contributed by atoms with Crippen molar-refractivity contribution >= 4 is 23.5 Å². The average Bonchev–Trinajstić information content (AvgIpc) is 3.51. The number of carboxylic acid groups (broad SMARTS) is 1. The number of hydrogen-bond donors (Lipinski definition) is 2. The van der Waals surface area contributed by atoms with Crippen LogP contribution in [0, 0.1) is 62.1 Å². The number of carbonyl (C=O) groups excluding carboxylic acids is 2. The number of likely N-dealkylation sites (N-methyl/N-ethyl adjacent to an activating group) is 1. The van der Waals surface area contributed by atoms with Crippen LogP contribution in [0.25, 0.3) is 0 Å². The first-order valence-corrected chi connectivity index (χ1v) is 23.0. The van der Waals surface area contributed by atoms with Crippen LogP contribution < -0.4 is 10.2 Å². The summed E-state index contributed by atoms with van der Waals surface area (Å²) in [4.78, 5) is 43.6. The van der Waals surface area contributed by atoms with Crippen molar-refractivity contribution < 1.29 is 24.2 Å². The van der Waals surface area contributed by atoms with E-state index in [-0.39, 0.29) is 65.3 Å². The first-order chi connectivity index (χ1) is 27.1. The number of nitrogens with zero attached hydrogens (tertiary/aromatic N) is 2. The van der Waals surface area contributed by atoms with E-state index >= 15 is 0 Å². The molecule has 8 nitrogen and oxygen atoms in total. The Morgan fingerprint density at radius 3 is 2.17 bits per heavy atom. The highest BCUT2D eigenvalue weighted by atomic mass is 16.5. The van der Waals surface area contributed by atoms with Gasteiger partial charge in [0.05, 0.1) is 12.8 Å². The highest BCUT2D eigenvalue weighted by molar-refractivity contribution is 5.77. The van der Waals surface area contributed by atoms with Gasteiger partial charge in [-0.1, -0.05) is 80.2 Å². The minimum atomic E-state index is -0.883. The van der Waals surface area contributed by atoms with Gasteiger partial charge in [-0.05, 0) is 153 Å². The van der Waals surface area contributed by atoms with Crippen molar-refractivity contribution in [3.63, 3.8) is 0 Å². The van der Waals surface area contributed by atoms with Gasteiger partial charge in [0.1, 0.15) is 6.10 Å². The number of hydrogen-bond acceptors (Lipinski definition) is 6. The molecule has 6 aliphatic rings. The van der Waals surface area contributed by atoms with Crippen molar-refractivity contribution in [2.24, 2.45) is 62.1 Å². The summed E-state index contributed by atoms with van der Waals surface area (Å²) < 4.78 is 6.31. The average molecular weight is 816 g/mol. The monoisotopic (exact) mass is 816 g/mol. The van der Waals surface area contributed by atoms with Gasteiger partial charge < -0.3 is 25.0 Å². The normalized spacial score (nSPS) is 37.7. The summed E-state index contributed by atoms with van der Waals surface area (Å²) in [5, 5.41) is 12.8. The molecule has 7 rings (SSSR count). The fraction of sp³-hybridized carbons (Fsp3) is 0.784. The molecule has 6 fully saturated rings. The summed E-state index contributed by atoms with van der Waals surface area (Å²) in [6, 6.07) is 8.82. The molecule has 8 heteroatoms. The lowest BCUT2D eigenvalue weighted by Crippen LogP contribution is -2.67. The Bertz CT molecular complexity index is 1730. The molecule has 5 saturated carbocycles. The van der Waals surface area contributed by atoms with Crippen LogP contribution in [0.2, 0.25) is 0 Å². The molecule has 5 aliphatic carbocycles. The fourth-order valence-corrected chi connectivity index (χ4v) is 15.3. The smallest absolute Gasteiger partial charge is 0.306 e. The third kappa shape index (κ3) is 8.16. The van der Waals surface area contributed by atoms with Gasteiger partial charge in [0.2, 0.25) is 5.91 Å². The van der Waals surface area contributed by atoms with E-state index in [2.05, 4.69) is 94.6 Å². The standard InChI is InChI=1S/C50H77N3O5.CH4/c1-33(2)36-17-22-50(29-41(54)51-32-34-11-13-35(14-12-34)53-27-25-52(10)26-28-53)24-23-48(8)37(44(36)50)15-16-39-47(7)20-19-40(46(5,6)38(47)18-21-49(39,48)9)58-43(57)31-45(3,4)30-42(55)56;/h11-14,36-40,44H,1,15-32H2,2-10H3,(H,51,54)(H,55,56);1H4/t36-,37+,38-,39+,40-,44+,47-,48+,49+,50+;/m0./s1. The molecule has 330 valence electrons. The molecule has 0 radical (unpaired) electrons. The molecule has 1 amide bonds. The zero-order valence-electron chi connectivity index (χ0n) is 37.7. The first kappa shape index (κ1) is 45.7. The molecule has 10 atom stereocenters. The number of piperazine rings is 1. The molecule has 1 heterocycles. The minimum absolute atomic E-state index is 0. The molecule has 1 saturated heterocycles. The Morgan fingerprint density at radius 1 is 0.847 bits per heavy atom. The molecule has 59 heavy (non-hydrogen) atoms. The van der Waals surface area contributed by atoms with Gasteiger partial charge in [-0.3, -0.25) is 14.4 Å². The number of rotatable bonds is 11. The maximum Gasteiger partial charge on any atom is 0.306 e. The number of allylic oxidation sites excluding steroid dienone is 1. The van der Waals surface area contributed by atoms with Gasteiger partial charge in [0.25, 0.3) is 0 Å². The number of aliphatic carboxylic acids is 1. The molecule has 0 aromatic heterocycles. The zero-order chi connectivity index (χ0) is 42.1. The Hall–Kier alpha value is -2.87. The van der Waals surface area contributed by atoms with E-state index < -0.39 is 11.4 Å². The number of benzene rings is 1. The van der Waals surface area contributed by atoms with Crippen LogP contribution in [0.5, 0.6) is 0 Å². The van der Waals surface area contributed by atoms with E-state index in [1.807, 2.05) is 13.8 Å². The van der Waals surface area contributed by atoms with E-state index in [4.69, 9.17) is 4.74 Å². The van der Waals surface area contributed by atoms with Gasteiger partial charge in [-0.25, -0.2) is 0 Å². The van der Waals surface area contributed by atoms with Crippen molar-refractivity contribution in [1.82, 2.24) is 10.2 Å². The largest absolute Gasteiger partial charge is 0.481 e. The number of esters is 1. The maximum absolute atomic E-state index is 14.0. The maximum atomic E-state index is 14.0. The summed E-state index contributed by atoms with van der Waals surface area (Å²) in [5.41, 5.74) is 3.47. The zero-order valence-corrected chi connectivity index (χ0v) is 37.7. The van der Waals surface area contributed by atoms with Gasteiger partial charge in [-0.2, -0.15) is 0 Å². The Kier molecular flexibility index (Phi) is 12.7. The van der Waals surface area contributed by atoms with Crippen LogP contribution in [0.15, 0.2) is 36.4 Å². The number of ether oxygens (including phenoxy) is 1. The Balaban J connectivity index is 0.00000585. The van der Waals surface area contributed by atoms with Gasteiger partial charge in [-0.15, -0.1) is 0 Å². The molecule has 2 N–H and O–H groups in total. The predicted octanol–water partition coefficient (Wildman–Crippen LogP) is 10.5. The number of carbonyl (C=O) groups is 3. The summed E-state index contributed by atoms with van der Waals surface area (Å²) in [6.45, 7) is 28.0. The van der Waals surface area contributed by atoms with Gasteiger partial charge in [0.15, 0.2) is 0 Å². The molecular formula is C51H81N3O5. The lowest BCUT2D eigenvalue weighted by Gasteiger charge is -2.73. The minimum Gasteiger partial charge on any atom is -0.481 e. The van der Waals surface area contributed by atoms with E-state index in [0.717, 1.165) is 70.3 Å². The van der Waals surface area contributed by atoms with Crippen molar-refractivity contribution in [3.8, 4) is 0 Å². The topological polar surface area (TPSA) is 99.2 Å². The summed E-state index contributed by atoms with van der Waals surface area (Å²) >= 11 is 0. The summed E-state index contributed by atoms with van der Waals surface area (Å²) in [7, 11) is 2.19. The van der Waals surface area contributed by atoms with Gasteiger partial charge >= 0.3 is 11.9 Å². The third-order valence-corrected chi connectivity index (χ3v) is 18.5. The second-order valence-electron chi connectivity index (χ2n) is 22.7. The molecule has 0 spiro atoms. The molecule has 1 aliphatic heterocycles. The fourth-order valence-electron chi connectivity index (χ4n) is 15.3. The van der Waals surface area contributed by atoms with E-state index in [0.29, 0.717) is 42.6 Å². The lowest BCUT2D eigenvalue weighted by atomic mass is 9.32. The highest BCUT2D eigenvalue weighted by Crippen LogP contribution is 2.78. The summed E-state index contributed by atoms with van der Waals surface area (Å²) in [6.07, 6.45) is 11.8. The van der Waals surface area contributed by atoms with Crippen LogP contribution in [0.1, 0.15) is 152 Å². The van der Waals surface area contributed by atoms with E-state index in [9.17, 15) is 19.5 Å². The van der Waals surface area contributed by atoms with Crippen LogP contribution >= 0.6 is 0 Å². The number of nitrogens with one attached hydrogen (secondary N) is 1. The quantitative estimate of drug-likeness (QED) is 0.170. The second kappa shape index (κ2) is 16.4. The van der Waals surface area contributed by atoms with Crippen molar-refractivity contribution in [1.29, 1.82) is 0 Å². The predicted molar refractivity (Wildman–Crippen MR) is 239 cm³/mol. The number of amides is 1. The van der Waals surface area contributed by atoms with Gasteiger partial charge in [0, 0.05) is 50.2 Å². The number of anilines is 1. The Labute approximate surface area is 358 Å². The third-order valence-electron chi connectivity index (χ3n) is 18.5. The van der Waals surface area contributed by atoms with E-state index in [1.165, 1.54) is 36.9 Å². The molecule has 0 unspecified atom stereocenters. The highest BCUT2D eigenvalue weighted by Gasteiger charge is 2.71. The Morgan fingerprint density at radius 2 is 1.53 bits per heavy atom. The van der Waals surface area contributed by atoms with Crippen LogP contribution in [-0.2, 0) is 25.7 Å². The second-order valence-corrected chi connectivity index (χ2v) is 22.7. The number of fused-ring (bicyclic) bond motifs is 7. The van der Waals surface area contributed by atoms with Crippen LogP contribution in [0.4, 0.5) is 5.69 Å².